The van der Waals surface area contributed by atoms with Crippen molar-refractivity contribution in [3.8, 4) is 17.2 Å². The average molecular weight is 417 g/mol. The van der Waals surface area contributed by atoms with Gasteiger partial charge in [0.2, 0.25) is 5.91 Å². The predicted octanol–water partition coefficient (Wildman–Crippen LogP) is 4.37. The molecule has 5 heteroatoms. The largest absolute Gasteiger partial charge is 0.497 e. The van der Waals surface area contributed by atoms with Crippen LogP contribution < -0.4 is 9.47 Å². The van der Waals surface area contributed by atoms with Gasteiger partial charge in [-0.1, -0.05) is 42.5 Å². The molecule has 1 aliphatic rings. The SMILES string of the molecule is COc1ccc(Oc2cccc(CN3CCN(C(=O)Cc4ccccc4)CC3)c2)cc1. The molecule has 31 heavy (non-hydrogen) atoms. The van der Waals surface area contributed by atoms with Gasteiger partial charge in [-0.15, -0.1) is 0 Å². The predicted molar refractivity (Wildman–Crippen MR) is 122 cm³/mol. The molecule has 0 atom stereocenters. The highest BCUT2D eigenvalue weighted by Gasteiger charge is 2.21. The molecule has 4 rings (SSSR count). The van der Waals surface area contributed by atoms with Gasteiger partial charge in [-0.05, 0) is 47.5 Å². The van der Waals surface area contributed by atoms with Crippen LogP contribution in [0.3, 0.4) is 0 Å². The summed E-state index contributed by atoms with van der Waals surface area (Å²) in [6.45, 7) is 4.15. The second-order valence-corrected chi connectivity index (χ2v) is 7.74. The van der Waals surface area contributed by atoms with Gasteiger partial charge in [-0.25, -0.2) is 0 Å². The molecule has 0 aliphatic carbocycles. The average Bonchev–Trinajstić information content (AvgIpc) is 2.81. The molecule has 0 unspecified atom stereocenters. The zero-order chi connectivity index (χ0) is 21.5. The van der Waals surface area contributed by atoms with Gasteiger partial charge >= 0.3 is 0 Å². The quantitative estimate of drug-likeness (QED) is 0.573. The molecule has 1 amide bonds. The third-order valence-electron chi connectivity index (χ3n) is 5.52. The van der Waals surface area contributed by atoms with Gasteiger partial charge in [0, 0.05) is 32.7 Å². The van der Waals surface area contributed by atoms with E-state index >= 15 is 0 Å². The van der Waals surface area contributed by atoms with E-state index in [1.165, 1.54) is 5.56 Å². The Labute approximate surface area is 183 Å². The number of rotatable bonds is 7. The van der Waals surface area contributed by atoms with Gasteiger partial charge < -0.3 is 14.4 Å². The highest BCUT2D eigenvalue weighted by molar-refractivity contribution is 5.78. The molecule has 1 aliphatic heterocycles. The standard InChI is InChI=1S/C26H28N2O3/c1-30-23-10-12-24(13-11-23)31-25-9-5-8-22(18-25)20-27-14-16-28(17-15-27)26(29)19-21-6-3-2-4-7-21/h2-13,18H,14-17,19-20H2,1H3. The minimum atomic E-state index is 0.209. The van der Waals surface area contributed by atoms with Gasteiger partial charge in [-0.2, -0.15) is 0 Å². The summed E-state index contributed by atoms with van der Waals surface area (Å²) >= 11 is 0. The van der Waals surface area contributed by atoms with Crippen molar-refractivity contribution < 1.29 is 14.3 Å². The summed E-state index contributed by atoms with van der Waals surface area (Å²) in [7, 11) is 1.65. The van der Waals surface area contributed by atoms with Crippen LogP contribution >= 0.6 is 0 Å². The molecule has 160 valence electrons. The van der Waals surface area contributed by atoms with E-state index in [1.807, 2.05) is 71.6 Å². The Morgan fingerprint density at radius 3 is 2.16 bits per heavy atom. The number of carbonyl (C=O) groups excluding carboxylic acids is 1. The molecule has 0 bridgehead atoms. The molecule has 1 saturated heterocycles. The maximum Gasteiger partial charge on any atom is 0.227 e. The maximum absolute atomic E-state index is 12.6. The summed E-state index contributed by atoms with van der Waals surface area (Å²) in [5.41, 5.74) is 2.28. The maximum atomic E-state index is 12.6. The Hall–Kier alpha value is -3.31. The Balaban J connectivity index is 1.28. The van der Waals surface area contributed by atoms with Crippen LogP contribution in [0, 0.1) is 0 Å². The summed E-state index contributed by atoms with van der Waals surface area (Å²) in [6.07, 6.45) is 0.478. The third kappa shape index (κ3) is 5.86. The zero-order valence-electron chi connectivity index (χ0n) is 17.9. The van der Waals surface area contributed by atoms with Crippen molar-refractivity contribution in [3.63, 3.8) is 0 Å². The number of hydrogen-bond donors (Lipinski definition) is 0. The molecule has 0 radical (unpaired) electrons. The van der Waals surface area contributed by atoms with Crippen LogP contribution in [0.1, 0.15) is 11.1 Å². The molecule has 3 aromatic rings. The Kier molecular flexibility index (Phi) is 6.85. The van der Waals surface area contributed by atoms with Crippen LogP contribution in [0.15, 0.2) is 78.9 Å². The van der Waals surface area contributed by atoms with E-state index in [4.69, 9.17) is 9.47 Å². The monoisotopic (exact) mass is 416 g/mol. The van der Waals surface area contributed by atoms with Gasteiger partial charge in [0.15, 0.2) is 0 Å². The molecular formula is C26H28N2O3. The Morgan fingerprint density at radius 1 is 0.774 bits per heavy atom. The van der Waals surface area contributed by atoms with E-state index < -0.39 is 0 Å². The first-order chi connectivity index (χ1) is 15.2. The minimum absolute atomic E-state index is 0.209. The van der Waals surface area contributed by atoms with E-state index in [0.29, 0.717) is 6.42 Å². The number of carbonyl (C=O) groups is 1. The number of amides is 1. The van der Waals surface area contributed by atoms with E-state index in [1.54, 1.807) is 7.11 Å². The van der Waals surface area contributed by atoms with Gasteiger partial charge in [0.1, 0.15) is 17.2 Å². The first kappa shape index (κ1) is 20.9. The molecule has 0 aromatic heterocycles. The fourth-order valence-electron chi connectivity index (χ4n) is 3.78. The highest BCUT2D eigenvalue weighted by Crippen LogP contribution is 2.25. The van der Waals surface area contributed by atoms with Crippen molar-refractivity contribution in [2.45, 2.75) is 13.0 Å². The van der Waals surface area contributed by atoms with Crippen LogP contribution in [0.5, 0.6) is 17.2 Å². The van der Waals surface area contributed by atoms with Crippen molar-refractivity contribution >= 4 is 5.91 Å². The molecule has 5 nitrogen and oxygen atoms in total. The Bertz CT molecular complexity index is 981. The molecule has 3 aromatic carbocycles. The van der Waals surface area contributed by atoms with Crippen LogP contribution in [0.4, 0.5) is 0 Å². The van der Waals surface area contributed by atoms with Gasteiger partial charge in [0.25, 0.3) is 0 Å². The highest BCUT2D eigenvalue weighted by atomic mass is 16.5. The summed E-state index contributed by atoms with van der Waals surface area (Å²) < 4.78 is 11.2. The third-order valence-corrected chi connectivity index (χ3v) is 5.52. The van der Waals surface area contributed by atoms with Crippen molar-refractivity contribution in [3.05, 3.63) is 90.0 Å². The normalized spacial score (nSPS) is 14.3. The van der Waals surface area contributed by atoms with Gasteiger partial charge in [-0.3, -0.25) is 9.69 Å². The van der Waals surface area contributed by atoms with Crippen molar-refractivity contribution in [2.24, 2.45) is 0 Å². The number of piperazine rings is 1. The summed E-state index contributed by atoms with van der Waals surface area (Å²) in [4.78, 5) is 16.9. The van der Waals surface area contributed by atoms with E-state index in [-0.39, 0.29) is 5.91 Å². The number of nitrogens with zero attached hydrogens (tertiary/aromatic N) is 2. The van der Waals surface area contributed by atoms with Gasteiger partial charge in [0.05, 0.1) is 13.5 Å². The minimum Gasteiger partial charge on any atom is -0.497 e. The molecule has 0 N–H and O–H groups in total. The lowest BCUT2D eigenvalue weighted by atomic mass is 10.1. The van der Waals surface area contributed by atoms with E-state index in [9.17, 15) is 4.79 Å². The lowest BCUT2D eigenvalue weighted by molar-refractivity contribution is -0.132. The zero-order valence-corrected chi connectivity index (χ0v) is 17.9. The first-order valence-electron chi connectivity index (χ1n) is 10.6. The lowest BCUT2D eigenvalue weighted by Crippen LogP contribution is -2.48. The lowest BCUT2D eigenvalue weighted by Gasteiger charge is -2.35. The fraction of sp³-hybridized carbons (Fsp3) is 0.269. The van der Waals surface area contributed by atoms with Crippen LogP contribution in [-0.4, -0.2) is 49.0 Å². The van der Waals surface area contributed by atoms with Crippen LogP contribution in [0.25, 0.3) is 0 Å². The van der Waals surface area contributed by atoms with Crippen molar-refractivity contribution in [2.75, 3.05) is 33.3 Å². The number of benzene rings is 3. The van der Waals surface area contributed by atoms with E-state index in [0.717, 1.165) is 55.5 Å². The van der Waals surface area contributed by atoms with Crippen LogP contribution in [-0.2, 0) is 17.8 Å². The topological polar surface area (TPSA) is 42.0 Å². The Morgan fingerprint density at radius 2 is 1.45 bits per heavy atom. The number of hydrogen-bond acceptors (Lipinski definition) is 4. The van der Waals surface area contributed by atoms with Crippen molar-refractivity contribution in [1.82, 2.24) is 9.80 Å². The summed E-state index contributed by atoms with van der Waals surface area (Å²) in [5.74, 6) is 2.62. The fourth-order valence-corrected chi connectivity index (χ4v) is 3.78. The molecule has 1 fully saturated rings. The molecule has 0 spiro atoms. The van der Waals surface area contributed by atoms with Crippen LogP contribution in [0.2, 0.25) is 0 Å². The van der Waals surface area contributed by atoms with E-state index in [2.05, 4.69) is 17.0 Å². The number of methoxy groups -OCH3 is 1. The second kappa shape index (κ2) is 10.1. The first-order valence-corrected chi connectivity index (χ1v) is 10.6. The smallest absolute Gasteiger partial charge is 0.227 e. The molecule has 0 saturated carbocycles. The second-order valence-electron chi connectivity index (χ2n) is 7.74. The number of ether oxygens (including phenoxy) is 2. The molecular weight excluding hydrogens is 388 g/mol. The van der Waals surface area contributed by atoms with Crippen molar-refractivity contribution in [1.29, 1.82) is 0 Å². The summed E-state index contributed by atoms with van der Waals surface area (Å²) in [5, 5.41) is 0. The molecule has 1 heterocycles. The summed E-state index contributed by atoms with van der Waals surface area (Å²) in [6, 6.07) is 25.7.